The number of aliphatic hydroxyl groups excluding tert-OH is 1. The molecule has 0 unspecified atom stereocenters. The Kier molecular flexibility index (Phi) is 7.23. The third-order valence-electron chi connectivity index (χ3n) is 3.44. The maximum Gasteiger partial charge on any atom is 0.119 e. The van der Waals surface area contributed by atoms with E-state index in [1.165, 1.54) is 5.56 Å². The van der Waals surface area contributed by atoms with Crippen LogP contribution in [0.5, 0.6) is 5.75 Å². The molecule has 0 aliphatic rings. The lowest BCUT2D eigenvalue weighted by Gasteiger charge is -2.07. The Morgan fingerprint density at radius 1 is 0.909 bits per heavy atom. The highest BCUT2D eigenvalue weighted by Gasteiger charge is 1.99. The summed E-state index contributed by atoms with van der Waals surface area (Å²) in [4.78, 5) is 0. The van der Waals surface area contributed by atoms with Crippen LogP contribution in [-0.4, -0.2) is 18.3 Å². The smallest absolute Gasteiger partial charge is 0.119 e. The molecule has 3 nitrogen and oxygen atoms in total. The standard InChI is InChI=1S/C18H22ClNO2/c19-17-7-3-16(4-8-17)14-22-18-9-5-15(6-10-18)13-20-11-1-2-12-21/h3-10,20-21H,1-2,11-14H2/p+1. The van der Waals surface area contributed by atoms with E-state index in [9.17, 15) is 0 Å². The van der Waals surface area contributed by atoms with Crippen LogP contribution < -0.4 is 10.1 Å². The van der Waals surface area contributed by atoms with E-state index >= 15 is 0 Å². The first kappa shape index (κ1) is 16.8. The molecule has 3 N–H and O–H groups in total. The Morgan fingerprint density at radius 2 is 1.59 bits per heavy atom. The summed E-state index contributed by atoms with van der Waals surface area (Å²) in [5.74, 6) is 0.874. The van der Waals surface area contributed by atoms with Crippen LogP contribution in [0.1, 0.15) is 24.0 Å². The Balaban J connectivity index is 1.73. The number of hydrogen-bond acceptors (Lipinski definition) is 2. The molecule has 0 bridgehead atoms. The number of unbranched alkanes of at least 4 members (excludes halogenated alkanes) is 1. The Morgan fingerprint density at radius 3 is 2.27 bits per heavy atom. The SMILES string of the molecule is OCCCC[NH2+]Cc1ccc(OCc2ccc(Cl)cc2)cc1. The van der Waals surface area contributed by atoms with Gasteiger partial charge < -0.3 is 15.2 Å². The second-order valence-electron chi connectivity index (χ2n) is 5.27. The van der Waals surface area contributed by atoms with Gasteiger partial charge in [0.15, 0.2) is 0 Å². The van der Waals surface area contributed by atoms with Crippen LogP contribution in [0.25, 0.3) is 0 Å². The highest BCUT2D eigenvalue weighted by molar-refractivity contribution is 6.30. The summed E-state index contributed by atoms with van der Waals surface area (Å²) >= 11 is 5.86. The molecule has 0 atom stereocenters. The maximum absolute atomic E-state index is 8.73. The molecule has 0 amide bonds. The molecule has 2 aromatic rings. The highest BCUT2D eigenvalue weighted by Crippen LogP contribution is 2.15. The zero-order valence-electron chi connectivity index (χ0n) is 12.7. The van der Waals surface area contributed by atoms with Crippen LogP contribution in [-0.2, 0) is 13.2 Å². The van der Waals surface area contributed by atoms with Crippen molar-refractivity contribution >= 4 is 11.6 Å². The number of benzene rings is 2. The molecule has 2 rings (SSSR count). The van der Waals surface area contributed by atoms with Crippen LogP contribution >= 0.6 is 11.6 Å². The first-order chi connectivity index (χ1) is 10.8. The first-order valence-corrected chi connectivity index (χ1v) is 8.04. The predicted molar refractivity (Wildman–Crippen MR) is 89.0 cm³/mol. The van der Waals surface area contributed by atoms with E-state index in [0.29, 0.717) is 6.61 Å². The molecular formula is C18H23ClNO2+. The molecule has 0 saturated heterocycles. The maximum atomic E-state index is 8.73. The molecule has 0 radical (unpaired) electrons. The number of ether oxygens (including phenoxy) is 1. The largest absolute Gasteiger partial charge is 0.489 e. The summed E-state index contributed by atoms with van der Waals surface area (Å²) < 4.78 is 5.76. The molecular weight excluding hydrogens is 298 g/mol. The van der Waals surface area contributed by atoms with E-state index in [2.05, 4.69) is 17.4 Å². The van der Waals surface area contributed by atoms with Gasteiger partial charge in [0.25, 0.3) is 0 Å². The van der Waals surface area contributed by atoms with Crippen LogP contribution in [0.3, 0.4) is 0 Å². The van der Waals surface area contributed by atoms with Crippen LogP contribution in [0, 0.1) is 0 Å². The van der Waals surface area contributed by atoms with Crippen molar-refractivity contribution in [1.82, 2.24) is 0 Å². The van der Waals surface area contributed by atoms with Crippen molar-refractivity contribution in [1.29, 1.82) is 0 Å². The molecule has 2 aromatic carbocycles. The van der Waals surface area contributed by atoms with E-state index in [-0.39, 0.29) is 6.61 Å². The van der Waals surface area contributed by atoms with Crippen molar-refractivity contribution in [2.45, 2.75) is 26.0 Å². The second kappa shape index (κ2) is 9.46. The van der Waals surface area contributed by atoms with Gasteiger partial charge in [-0.25, -0.2) is 0 Å². The number of aliphatic hydroxyl groups is 1. The van der Waals surface area contributed by atoms with Gasteiger partial charge in [-0.3, -0.25) is 0 Å². The average Bonchev–Trinajstić information content (AvgIpc) is 2.55. The van der Waals surface area contributed by atoms with E-state index in [4.69, 9.17) is 21.4 Å². The van der Waals surface area contributed by atoms with Gasteiger partial charge in [-0.1, -0.05) is 23.7 Å². The monoisotopic (exact) mass is 320 g/mol. The van der Waals surface area contributed by atoms with Crippen LogP contribution in [0.15, 0.2) is 48.5 Å². The minimum absolute atomic E-state index is 0.285. The number of quaternary nitrogens is 1. The molecule has 0 heterocycles. The Bertz CT molecular complexity index is 540. The molecule has 0 spiro atoms. The fourth-order valence-corrected chi connectivity index (χ4v) is 2.26. The molecule has 0 aliphatic carbocycles. The molecule has 22 heavy (non-hydrogen) atoms. The van der Waals surface area contributed by atoms with Gasteiger partial charge in [-0.05, 0) is 54.8 Å². The van der Waals surface area contributed by atoms with Crippen molar-refractivity contribution < 1.29 is 15.2 Å². The summed E-state index contributed by atoms with van der Waals surface area (Å²) in [6.45, 7) is 2.84. The van der Waals surface area contributed by atoms with Gasteiger partial charge in [0, 0.05) is 17.2 Å². The number of rotatable bonds is 9. The van der Waals surface area contributed by atoms with E-state index in [1.807, 2.05) is 36.4 Å². The summed E-state index contributed by atoms with van der Waals surface area (Å²) in [6.07, 6.45) is 1.94. The lowest BCUT2D eigenvalue weighted by atomic mass is 10.2. The predicted octanol–water partition coefficient (Wildman–Crippen LogP) is 2.75. The van der Waals surface area contributed by atoms with Crippen molar-refractivity contribution in [2.24, 2.45) is 0 Å². The quantitative estimate of drug-likeness (QED) is 0.698. The molecule has 0 fully saturated rings. The van der Waals surface area contributed by atoms with Crippen LogP contribution in [0.2, 0.25) is 5.02 Å². The van der Waals surface area contributed by atoms with E-state index in [1.54, 1.807) is 0 Å². The van der Waals surface area contributed by atoms with Gasteiger partial charge in [-0.2, -0.15) is 0 Å². The van der Waals surface area contributed by atoms with Gasteiger partial charge in [0.1, 0.15) is 18.9 Å². The molecule has 0 saturated carbocycles. The first-order valence-electron chi connectivity index (χ1n) is 7.66. The van der Waals surface area contributed by atoms with E-state index in [0.717, 1.165) is 42.3 Å². The zero-order chi connectivity index (χ0) is 15.6. The molecule has 4 heteroatoms. The lowest BCUT2D eigenvalue weighted by Crippen LogP contribution is -2.82. The fourth-order valence-electron chi connectivity index (χ4n) is 2.14. The average molecular weight is 321 g/mol. The van der Waals surface area contributed by atoms with Gasteiger partial charge in [0.2, 0.25) is 0 Å². The zero-order valence-corrected chi connectivity index (χ0v) is 13.4. The molecule has 118 valence electrons. The summed E-state index contributed by atoms with van der Waals surface area (Å²) in [7, 11) is 0. The Hall–Kier alpha value is -1.55. The lowest BCUT2D eigenvalue weighted by molar-refractivity contribution is -0.671. The van der Waals surface area contributed by atoms with Gasteiger partial charge in [-0.15, -0.1) is 0 Å². The van der Waals surface area contributed by atoms with Gasteiger partial charge >= 0.3 is 0 Å². The van der Waals surface area contributed by atoms with Gasteiger partial charge in [0.05, 0.1) is 6.54 Å². The Labute approximate surface area is 136 Å². The third-order valence-corrected chi connectivity index (χ3v) is 3.69. The number of halogens is 1. The number of nitrogens with two attached hydrogens (primary N) is 1. The summed E-state index contributed by atoms with van der Waals surface area (Å²) in [5.41, 5.74) is 2.38. The van der Waals surface area contributed by atoms with Crippen molar-refractivity contribution in [2.75, 3.05) is 13.2 Å². The van der Waals surface area contributed by atoms with Crippen molar-refractivity contribution in [3.8, 4) is 5.75 Å². The summed E-state index contributed by atoms with van der Waals surface area (Å²) in [6, 6.07) is 15.9. The molecule has 0 aliphatic heterocycles. The highest BCUT2D eigenvalue weighted by atomic mass is 35.5. The minimum atomic E-state index is 0.285. The third kappa shape index (κ3) is 6.06. The second-order valence-corrected chi connectivity index (χ2v) is 5.71. The van der Waals surface area contributed by atoms with Crippen LogP contribution in [0.4, 0.5) is 0 Å². The number of hydrogen-bond donors (Lipinski definition) is 2. The fraction of sp³-hybridized carbons (Fsp3) is 0.333. The normalized spacial score (nSPS) is 10.6. The molecule has 0 aromatic heterocycles. The van der Waals surface area contributed by atoms with Crippen molar-refractivity contribution in [3.63, 3.8) is 0 Å². The van der Waals surface area contributed by atoms with Crippen molar-refractivity contribution in [3.05, 3.63) is 64.7 Å². The topological polar surface area (TPSA) is 46.1 Å². The summed E-state index contributed by atoms with van der Waals surface area (Å²) in [5, 5.41) is 11.7. The minimum Gasteiger partial charge on any atom is -0.489 e. The van der Waals surface area contributed by atoms with E-state index < -0.39 is 0 Å².